The SMILES string of the molecule is CCC1(C(O[PH](=O)OC)C2(CC)COP(C)OC2=O)COP(C)OC1=O. The van der Waals surface area contributed by atoms with Crippen molar-refractivity contribution in [1.82, 2.24) is 0 Å². The van der Waals surface area contributed by atoms with E-state index in [0.717, 1.165) is 0 Å². The van der Waals surface area contributed by atoms with E-state index < -0.39 is 53.9 Å². The summed E-state index contributed by atoms with van der Waals surface area (Å²) in [6, 6.07) is 0. The molecule has 0 aliphatic carbocycles. The lowest BCUT2D eigenvalue weighted by molar-refractivity contribution is -0.185. The minimum atomic E-state index is -2.96. The maximum absolute atomic E-state index is 12.9. The second-order valence-electron chi connectivity index (χ2n) is 6.16. The van der Waals surface area contributed by atoms with Gasteiger partial charge in [-0.05, 0) is 12.8 Å². The molecule has 0 aromatic heterocycles. The van der Waals surface area contributed by atoms with Gasteiger partial charge in [0, 0.05) is 20.4 Å². The molecule has 0 bridgehead atoms. The molecule has 150 valence electrons. The van der Waals surface area contributed by atoms with E-state index in [4.69, 9.17) is 27.1 Å². The molecule has 2 heterocycles. The summed E-state index contributed by atoms with van der Waals surface area (Å²) in [5, 5.41) is 0. The molecule has 0 aromatic rings. The summed E-state index contributed by atoms with van der Waals surface area (Å²) in [5.41, 5.74) is -2.64. The Bertz CT molecular complexity index is 534. The Kier molecular flexibility index (Phi) is 7.60. The van der Waals surface area contributed by atoms with Gasteiger partial charge in [-0.1, -0.05) is 13.8 Å². The predicted molar refractivity (Wildman–Crippen MR) is 96.1 cm³/mol. The van der Waals surface area contributed by atoms with Crippen LogP contribution in [0.25, 0.3) is 0 Å². The van der Waals surface area contributed by atoms with E-state index in [2.05, 4.69) is 0 Å². The largest absolute Gasteiger partial charge is 0.417 e. The molecule has 2 fully saturated rings. The average Bonchev–Trinajstić information content (AvgIpc) is 2.61. The lowest BCUT2D eigenvalue weighted by Crippen LogP contribution is -2.61. The molecule has 9 nitrogen and oxygen atoms in total. The number of rotatable bonds is 7. The Labute approximate surface area is 156 Å². The summed E-state index contributed by atoms with van der Waals surface area (Å²) in [4.78, 5) is 25.7. The first-order chi connectivity index (χ1) is 12.3. The number of carbonyl (C=O) groups is 2. The van der Waals surface area contributed by atoms with Crippen LogP contribution in [0.4, 0.5) is 0 Å². The van der Waals surface area contributed by atoms with E-state index >= 15 is 0 Å². The summed E-state index contributed by atoms with van der Waals surface area (Å²) < 4.78 is 44.5. The Morgan fingerprint density at radius 3 is 1.77 bits per heavy atom. The molecule has 5 unspecified atom stereocenters. The van der Waals surface area contributed by atoms with Gasteiger partial charge < -0.3 is 27.1 Å². The summed E-state index contributed by atoms with van der Waals surface area (Å²) in [7, 11) is -4.43. The molecular weight excluding hydrogens is 405 g/mol. The Morgan fingerprint density at radius 2 is 1.46 bits per heavy atom. The maximum atomic E-state index is 12.9. The van der Waals surface area contributed by atoms with Crippen molar-refractivity contribution in [2.24, 2.45) is 10.8 Å². The first-order valence-corrected chi connectivity index (χ1v) is 12.7. The summed E-state index contributed by atoms with van der Waals surface area (Å²) in [5.74, 6) is -1.08. The van der Waals surface area contributed by atoms with E-state index in [1.165, 1.54) is 7.11 Å². The fourth-order valence-corrected chi connectivity index (χ4v) is 5.63. The minimum Gasteiger partial charge on any atom is -0.417 e. The van der Waals surface area contributed by atoms with Crippen molar-refractivity contribution in [3.8, 4) is 0 Å². The number of carbonyl (C=O) groups excluding carboxylic acids is 2. The van der Waals surface area contributed by atoms with Gasteiger partial charge >= 0.3 is 20.2 Å². The number of hydrogen-bond donors (Lipinski definition) is 0. The van der Waals surface area contributed by atoms with Crippen molar-refractivity contribution in [3.63, 3.8) is 0 Å². The third kappa shape index (κ3) is 4.00. The second-order valence-corrected chi connectivity index (χ2v) is 9.94. The molecular formula is C14H25O9P3. The van der Waals surface area contributed by atoms with Gasteiger partial charge in [0.25, 0.3) is 0 Å². The monoisotopic (exact) mass is 430 g/mol. The molecule has 0 radical (unpaired) electrons. The molecule has 26 heavy (non-hydrogen) atoms. The molecule has 0 N–H and O–H groups in total. The van der Waals surface area contributed by atoms with Crippen molar-refractivity contribution in [1.29, 1.82) is 0 Å². The topological polar surface area (TPSA) is 107 Å². The molecule has 0 spiro atoms. The minimum absolute atomic E-state index is 0.00994. The van der Waals surface area contributed by atoms with Crippen LogP contribution < -0.4 is 0 Å². The first-order valence-electron chi connectivity index (χ1n) is 8.18. The normalized spacial score (nSPS) is 37.6. The average molecular weight is 430 g/mol. The Morgan fingerprint density at radius 1 is 1.04 bits per heavy atom. The van der Waals surface area contributed by atoms with Crippen LogP contribution in [0.15, 0.2) is 0 Å². The molecule has 0 aromatic carbocycles. The lowest BCUT2D eigenvalue weighted by atomic mass is 9.66. The number of hydrogen-bond acceptors (Lipinski definition) is 9. The first kappa shape index (κ1) is 22.2. The fourth-order valence-electron chi connectivity index (χ4n) is 3.13. The molecule has 12 heteroatoms. The van der Waals surface area contributed by atoms with Gasteiger partial charge in [0.1, 0.15) is 16.9 Å². The van der Waals surface area contributed by atoms with Crippen LogP contribution in [0.1, 0.15) is 26.7 Å². The van der Waals surface area contributed by atoms with Crippen LogP contribution >= 0.6 is 25.0 Å². The van der Waals surface area contributed by atoms with Crippen LogP contribution in [0.2, 0.25) is 0 Å². The van der Waals surface area contributed by atoms with Crippen molar-refractivity contribution in [3.05, 3.63) is 0 Å². The van der Waals surface area contributed by atoms with E-state index in [-0.39, 0.29) is 26.1 Å². The zero-order valence-electron chi connectivity index (χ0n) is 15.5. The summed E-state index contributed by atoms with van der Waals surface area (Å²) in [6.07, 6.45) is -0.619. The van der Waals surface area contributed by atoms with E-state index in [9.17, 15) is 14.2 Å². The summed E-state index contributed by atoms with van der Waals surface area (Å²) >= 11 is 0. The van der Waals surface area contributed by atoms with Crippen LogP contribution in [0.5, 0.6) is 0 Å². The van der Waals surface area contributed by atoms with Gasteiger partial charge in [0.05, 0.1) is 13.2 Å². The van der Waals surface area contributed by atoms with Crippen molar-refractivity contribution in [2.75, 3.05) is 33.7 Å². The standard InChI is InChI=1S/C14H25O9P3/c1-6-13(8-19-24(4)22-11(13)15)10(21-26(17)18-3)14(7-2)9-20-25(5)23-12(14)16/h10,26H,6-9H2,1-5H3. The van der Waals surface area contributed by atoms with E-state index in [1.807, 2.05) is 0 Å². The highest BCUT2D eigenvalue weighted by atomic mass is 31.2. The molecule has 5 atom stereocenters. The lowest BCUT2D eigenvalue weighted by Gasteiger charge is -2.49. The predicted octanol–water partition coefficient (Wildman–Crippen LogP) is 3.23. The van der Waals surface area contributed by atoms with Gasteiger partial charge in [-0.25, -0.2) is 0 Å². The van der Waals surface area contributed by atoms with Crippen molar-refractivity contribution >= 4 is 36.9 Å². The van der Waals surface area contributed by atoms with E-state index in [0.29, 0.717) is 0 Å². The van der Waals surface area contributed by atoms with Crippen LogP contribution in [0, 0.1) is 10.8 Å². The Hall–Kier alpha value is -0.130. The third-order valence-corrected chi connectivity index (χ3v) is 7.48. The smallest absolute Gasteiger partial charge is 0.321 e. The van der Waals surface area contributed by atoms with E-state index in [1.54, 1.807) is 27.2 Å². The van der Waals surface area contributed by atoms with Crippen LogP contribution in [0.3, 0.4) is 0 Å². The highest BCUT2D eigenvalue weighted by Crippen LogP contribution is 2.57. The van der Waals surface area contributed by atoms with Crippen LogP contribution in [-0.4, -0.2) is 51.7 Å². The zero-order valence-corrected chi connectivity index (χ0v) is 18.3. The molecule has 0 saturated carbocycles. The second kappa shape index (κ2) is 8.91. The molecule has 0 amide bonds. The van der Waals surface area contributed by atoms with Gasteiger partial charge in [-0.3, -0.25) is 14.2 Å². The van der Waals surface area contributed by atoms with Crippen molar-refractivity contribution < 1.29 is 41.3 Å². The third-order valence-electron chi connectivity index (χ3n) is 4.89. The highest BCUT2D eigenvalue weighted by Gasteiger charge is 2.63. The van der Waals surface area contributed by atoms with Gasteiger partial charge in [0.15, 0.2) is 0 Å². The van der Waals surface area contributed by atoms with Gasteiger partial charge in [0.2, 0.25) is 16.8 Å². The maximum Gasteiger partial charge on any atom is 0.321 e. The quantitative estimate of drug-likeness (QED) is 0.563. The zero-order chi connectivity index (χ0) is 19.5. The highest BCUT2D eigenvalue weighted by molar-refractivity contribution is 7.47. The Balaban J connectivity index is 2.52. The summed E-state index contributed by atoms with van der Waals surface area (Å²) in [6.45, 7) is 6.84. The van der Waals surface area contributed by atoms with Gasteiger partial charge in [-0.15, -0.1) is 0 Å². The van der Waals surface area contributed by atoms with Crippen LogP contribution in [-0.2, 0) is 41.3 Å². The molecule has 2 rings (SSSR count). The molecule has 2 saturated heterocycles. The fraction of sp³-hybridized carbons (Fsp3) is 0.857. The van der Waals surface area contributed by atoms with Gasteiger partial charge in [-0.2, -0.15) is 0 Å². The van der Waals surface area contributed by atoms with Crippen molar-refractivity contribution in [2.45, 2.75) is 32.8 Å². The molecule has 2 aliphatic rings. The molecule has 2 aliphatic heterocycles.